The van der Waals surface area contributed by atoms with Gasteiger partial charge in [-0.3, -0.25) is 0 Å². The van der Waals surface area contributed by atoms with E-state index in [1.54, 1.807) is 0 Å². The van der Waals surface area contributed by atoms with Gasteiger partial charge in [0.2, 0.25) is 0 Å². The summed E-state index contributed by atoms with van der Waals surface area (Å²) in [6.07, 6.45) is 7.33. The van der Waals surface area contributed by atoms with Crippen molar-refractivity contribution >= 4 is 5.71 Å². The molecule has 94 valence electrons. The van der Waals surface area contributed by atoms with Gasteiger partial charge in [-0.15, -0.1) is 6.58 Å². The summed E-state index contributed by atoms with van der Waals surface area (Å²) < 4.78 is 0. The van der Waals surface area contributed by atoms with Crippen molar-refractivity contribution in [3.05, 3.63) is 12.2 Å². The van der Waals surface area contributed by atoms with Crippen molar-refractivity contribution in [1.29, 1.82) is 5.41 Å². The van der Waals surface area contributed by atoms with Gasteiger partial charge in [0.1, 0.15) is 0 Å². The predicted octanol–water partition coefficient (Wildman–Crippen LogP) is 5.21. The van der Waals surface area contributed by atoms with E-state index in [0.717, 1.165) is 12.1 Å². The summed E-state index contributed by atoms with van der Waals surface area (Å²) in [6.45, 7) is 12.5. The lowest BCUT2D eigenvalue weighted by Crippen LogP contribution is -2.22. The van der Waals surface area contributed by atoms with E-state index in [4.69, 9.17) is 5.41 Å². The lowest BCUT2D eigenvalue weighted by Gasteiger charge is -2.26. The van der Waals surface area contributed by atoms with Crippen molar-refractivity contribution in [2.24, 2.45) is 11.8 Å². The molecule has 0 aromatic heterocycles. The topological polar surface area (TPSA) is 23.9 Å². The zero-order chi connectivity index (χ0) is 12.6. The van der Waals surface area contributed by atoms with Crippen molar-refractivity contribution in [3.63, 3.8) is 0 Å². The first-order valence-corrected chi connectivity index (χ1v) is 6.72. The highest BCUT2D eigenvalue weighted by Crippen LogP contribution is 2.29. The molecular weight excluding hydrogens is 194 g/mol. The molecule has 0 fully saturated rings. The van der Waals surface area contributed by atoms with Crippen molar-refractivity contribution in [2.75, 3.05) is 0 Å². The molecule has 0 aliphatic rings. The first kappa shape index (κ1) is 15.4. The summed E-state index contributed by atoms with van der Waals surface area (Å²) in [5, 5.41) is 7.95. The number of hydrogen-bond donors (Lipinski definition) is 1. The molecule has 0 aromatic carbocycles. The zero-order valence-corrected chi connectivity index (χ0v) is 11.6. The van der Waals surface area contributed by atoms with Gasteiger partial charge in [0.05, 0.1) is 0 Å². The van der Waals surface area contributed by atoms with Gasteiger partial charge < -0.3 is 5.41 Å². The Bertz CT molecular complexity index is 217. The summed E-state index contributed by atoms with van der Waals surface area (Å²) in [7, 11) is 0. The first-order valence-electron chi connectivity index (χ1n) is 6.72. The molecule has 2 atom stereocenters. The number of allylic oxidation sites excluding steroid dienone is 1. The Hall–Kier alpha value is -0.590. The lowest BCUT2D eigenvalue weighted by atomic mass is 9.79. The van der Waals surface area contributed by atoms with Gasteiger partial charge >= 0.3 is 0 Å². The van der Waals surface area contributed by atoms with Crippen LogP contribution in [0.5, 0.6) is 0 Å². The molecule has 0 aromatic rings. The number of unbranched alkanes of at least 4 members (excludes halogenated alkanes) is 1. The maximum absolute atomic E-state index is 7.95. The minimum atomic E-state index is 0.434. The van der Waals surface area contributed by atoms with Crippen molar-refractivity contribution in [3.8, 4) is 0 Å². The maximum atomic E-state index is 7.95. The molecule has 0 aliphatic carbocycles. The first-order chi connectivity index (χ1) is 7.52. The average Bonchev–Trinajstić information content (AvgIpc) is 2.20. The van der Waals surface area contributed by atoms with Crippen LogP contribution >= 0.6 is 0 Å². The molecule has 0 amide bonds. The lowest BCUT2D eigenvalue weighted by molar-refractivity contribution is 0.346. The Morgan fingerprint density at radius 2 is 1.75 bits per heavy atom. The summed E-state index contributed by atoms with van der Waals surface area (Å²) in [6, 6.07) is 0. The molecule has 1 nitrogen and oxygen atoms in total. The van der Waals surface area contributed by atoms with E-state index >= 15 is 0 Å². The predicted molar refractivity (Wildman–Crippen MR) is 74.2 cm³/mol. The highest BCUT2D eigenvalue weighted by atomic mass is 14.4. The molecule has 0 heterocycles. The molecule has 2 unspecified atom stereocenters. The summed E-state index contributed by atoms with van der Waals surface area (Å²) in [4.78, 5) is 0. The van der Waals surface area contributed by atoms with Crippen molar-refractivity contribution < 1.29 is 0 Å². The fourth-order valence-corrected chi connectivity index (χ4v) is 2.43. The largest absolute Gasteiger partial charge is 0.310 e. The molecule has 16 heavy (non-hydrogen) atoms. The molecule has 0 bridgehead atoms. The van der Waals surface area contributed by atoms with E-state index in [2.05, 4.69) is 27.4 Å². The van der Waals surface area contributed by atoms with Crippen LogP contribution in [0.1, 0.15) is 66.2 Å². The minimum Gasteiger partial charge on any atom is -0.310 e. The SMILES string of the molecule is C=C(C)CC(C(C)=N)C(CCC)CCCC. The summed E-state index contributed by atoms with van der Waals surface area (Å²) in [5.74, 6) is 1.13. The second-order valence-electron chi connectivity index (χ2n) is 5.14. The standard InChI is InChI=1S/C15H29N/c1-6-8-10-14(9-7-2)15(13(5)16)11-12(3)4/h14-16H,3,6-11H2,1-2,4-5H3. The van der Waals surface area contributed by atoms with Crippen LogP contribution in [-0.2, 0) is 0 Å². The molecule has 0 aliphatic heterocycles. The number of nitrogens with one attached hydrogen (secondary N) is 1. The highest BCUT2D eigenvalue weighted by Gasteiger charge is 2.22. The van der Waals surface area contributed by atoms with Gasteiger partial charge in [0, 0.05) is 11.6 Å². The minimum absolute atomic E-state index is 0.434. The van der Waals surface area contributed by atoms with Crippen LogP contribution in [0.3, 0.4) is 0 Å². The van der Waals surface area contributed by atoms with E-state index < -0.39 is 0 Å². The quantitative estimate of drug-likeness (QED) is 0.409. The van der Waals surface area contributed by atoms with Gasteiger partial charge in [-0.1, -0.05) is 45.1 Å². The molecule has 0 saturated heterocycles. The summed E-state index contributed by atoms with van der Waals surface area (Å²) >= 11 is 0. The van der Waals surface area contributed by atoms with Crippen LogP contribution < -0.4 is 0 Å². The molecule has 0 spiro atoms. The third-order valence-corrected chi connectivity index (χ3v) is 3.28. The number of rotatable bonds is 9. The van der Waals surface area contributed by atoms with Gasteiger partial charge in [-0.2, -0.15) is 0 Å². The number of hydrogen-bond acceptors (Lipinski definition) is 1. The van der Waals surface area contributed by atoms with Crippen LogP contribution in [-0.4, -0.2) is 5.71 Å². The third kappa shape index (κ3) is 6.09. The normalized spacial score (nSPS) is 14.5. The third-order valence-electron chi connectivity index (χ3n) is 3.28. The van der Waals surface area contributed by atoms with E-state index in [-0.39, 0.29) is 0 Å². The van der Waals surface area contributed by atoms with Crippen molar-refractivity contribution in [1.82, 2.24) is 0 Å². The Morgan fingerprint density at radius 3 is 2.12 bits per heavy atom. The molecule has 1 N–H and O–H groups in total. The van der Waals surface area contributed by atoms with Gasteiger partial charge in [0.15, 0.2) is 0 Å². The average molecular weight is 223 g/mol. The van der Waals surface area contributed by atoms with Crippen LogP contribution in [0.2, 0.25) is 0 Å². The van der Waals surface area contributed by atoms with Crippen LogP contribution in [0.15, 0.2) is 12.2 Å². The molecule has 0 saturated carbocycles. The van der Waals surface area contributed by atoms with E-state index in [1.165, 1.54) is 37.7 Å². The molecule has 1 heteroatoms. The van der Waals surface area contributed by atoms with E-state index in [0.29, 0.717) is 11.8 Å². The summed E-state index contributed by atoms with van der Waals surface area (Å²) in [5.41, 5.74) is 2.06. The fourth-order valence-electron chi connectivity index (χ4n) is 2.43. The van der Waals surface area contributed by atoms with E-state index in [9.17, 15) is 0 Å². The Balaban J connectivity index is 4.51. The zero-order valence-electron chi connectivity index (χ0n) is 11.6. The molecule has 0 rings (SSSR count). The highest BCUT2D eigenvalue weighted by molar-refractivity contribution is 5.81. The second-order valence-corrected chi connectivity index (χ2v) is 5.14. The monoisotopic (exact) mass is 223 g/mol. The van der Waals surface area contributed by atoms with E-state index in [1.807, 2.05) is 6.92 Å². The van der Waals surface area contributed by atoms with Crippen LogP contribution in [0.4, 0.5) is 0 Å². The van der Waals surface area contributed by atoms with Gasteiger partial charge in [0.25, 0.3) is 0 Å². The van der Waals surface area contributed by atoms with Gasteiger partial charge in [-0.05, 0) is 32.6 Å². The van der Waals surface area contributed by atoms with Crippen molar-refractivity contribution in [2.45, 2.75) is 66.2 Å². The van der Waals surface area contributed by atoms with Crippen LogP contribution in [0, 0.1) is 17.2 Å². The van der Waals surface area contributed by atoms with Gasteiger partial charge in [-0.25, -0.2) is 0 Å². The van der Waals surface area contributed by atoms with Crippen LogP contribution in [0.25, 0.3) is 0 Å². The smallest absolute Gasteiger partial charge is 0.00950 e. The Labute approximate surface area is 102 Å². The maximum Gasteiger partial charge on any atom is 0.00950 e. The molecule has 0 radical (unpaired) electrons. The molecular formula is C15H29N. The fraction of sp³-hybridized carbons (Fsp3) is 0.800. The Morgan fingerprint density at radius 1 is 1.12 bits per heavy atom. The second kappa shape index (κ2) is 8.55. The Kier molecular flexibility index (Phi) is 8.23.